The fraction of sp³-hybridized carbons (Fsp3) is 0.630. The molecule has 1 aromatic heterocycles. The lowest BCUT2D eigenvalue weighted by molar-refractivity contribution is -0.144. The monoisotopic (exact) mass is 516 g/mol. The Morgan fingerprint density at radius 2 is 2.03 bits per heavy atom. The number of hydrogen-bond acceptors (Lipinski definition) is 6. The molecule has 7 heteroatoms. The Labute approximate surface area is 216 Å². The number of hydrogen-bond donors (Lipinski definition) is 1. The molecular formula is C27H36N2O2S3. The van der Waals surface area contributed by atoms with Gasteiger partial charge in [-0.3, -0.25) is 4.79 Å². The minimum atomic E-state index is -0.455. The van der Waals surface area contributed by atoms with Crippen molar-refractivity contribution in [2.24, 2.45) is 23.2 Å². The van der Waals surface area contributed by atoms with Gasteiger partial charge in [0.25, 0.3) is 0 Å². The largest absolute Gasteiger partial charge is 0.392 e. The van der Waals surface area contributed by atoms with Crippen LogP contribution in [-0.4, -0.2) is 51.6 Å². The van der Waals surface area contributed by atoms with Crippen LogP contribution in [0.1, 0.15) is 55.1 Å². The average Bonchev–Trinajstić information content (AvgIpc) is 3.26. The van der Waals surface area contributed by atoms with Crippen molar-refractivity contribution in [3.8, 4) is 0 Å². The van der Waals surface area contributed by atoms with Gasteiger partial charge in [-0.1, -0.05) is 39.0 Å². The van der Waals surface area contributed by atoms with Crippen molar-refractivity contribution in [3.05, 3.63) is 45.9 Å². The van der Waals surface area contributed by atoms with Gasteiger partial charge < -0.3 is 10.0 Å². The van der Waals surface area contributed by atoms with Gasteiger partial charge >= 0.3 is 0 Å². The van der Waals surface area contributed by atoms with E-state index in [1.54, 1.807) is 0 Å². The first kappa shape index (κ1) is 24.7. The van der Waals surface area contributed by atoms with Crippen LogP contribution < -0.4 is 0 Å². The van der Waals surface area contributed by atoms with Gasteiger partial charge in [0.15, 0.2) is 0 Å². The van der Waals surface area contributed by atoms with Crippen molar-refractivity contribution >= 4 is 40.8 Å². The minimum Gasteiger partial charge on any atom is -0.392 e. The van der Waals surface area contributed by atoms with Gasteiger partial charge in [0.1, 0.15) is 5.01 Å². The summed E-state index contributed by atoms with van der Waals surface area (Å²) >= 11 is 5.63. The molecule has 2 heterocycles. The molecule has 1 amide bonds. The van der Waals surface area contributed by atoms with Crippen LogP contribution >= 0.6 is 34.9 Å². The molecule has 34 heavy (non-hydrogen) atoms. The fourth-order valence-electron chi connectivity index (χ4n) is 6.58. The van der Waals surface area contributed by atoms with Crippen molar-refractivity contribution in [2.75, 3.05) is 24.6 Å². The van der Waals surface area contributed by atoms with E-state index >= 15 is 0 Å². The summed E-state index contributed by atoms with van der Waals surface area (Å²) in [6.07, 6.45) is 2.55. The third kappa shape index (κ3) is 4.70. The van der Waals surface area contributed by atoms with Crippen LogP contribution in [0.4, 0.5) is 0 Å². The van der Waals surface area contributed by atoms with Crippen LogP contribution in [0.2, 0.25) is 0 Å². The van der Waals surface area contributed by atoms with E-state index in [-0.39, 0.29) is 35.0 Å². The van der Waals surface area contributed by atoms with E-state index in [1.165, 1.54) is 20.5 Å². The van der Waals surface area contributed by atoms with Crippen LogP contribution in [-0.2, 0) is 17.0 Å². The van der Waals surface area contributed by atoms with Crippen molar-refractivity contribution in [1.29, 1.82) is 0 Å². The molecule has 1 unspecified atom stereocenters. The molecule has 0 radical (unpaired) electrons. The first-order chi connectivity index (χ1) is 16.4. The first-order valence-corrected chi connectivity index (χ1v) is 15.5. The van der Waals surface area contributed by atoms with Crippen molar-refractivity contribution < 1.29 is 9.90 Å². The molecule has 6 atom stereocenters. The fourth-order valence-corrected chi connectivity index (χ4v) is 9.76. The standard InChI is InChI=1S/C27H36N2O2S3/c1-17(26(31)29-11-13-32-14-12-29)20-9-10-27(3)15-21-24(18(2)23(27)25(20)30)28-22(34-21)16-33-19-7-5-4-6-8-19/h4-8,17-18,20,23,25,30H,9-16H2,1-3H3/t17-,18-,20?,23+,25-,27-/m0/s1. The maximum Gasteiger partial charge on any atom is 0.225 e. The van der Waals surface area contributed by atoms with Gasteiger partial charge in [-0.25, -0.2) is 4.98 Å². The molecule has 1 saturated carbocycles. The lowest BCUT2D eigenvalue weighted by Crippen LogP contribution is -2.54. The van der Waals surface area contributed by atoms with E-state index in [4.69, 9.17) is 4.98 Å². The normalized spacial score (nSPS) is 32.1. The average molecular weight is 517 g/mol. The van der Waals surface area contributed by atoms with Crippen LogP contribution in [0.3, 0.4) is 0 Å². The number of rotatable bonds is 5. The SMILES string of the molecule is C[C@H](C(=O)N1CCSCC1)C1CC[C@@]2(C)Cc3sc(CSc4ccccc4)nc3[C@@H](C)[C@@H]2[C@H]1O. The number of thioether (sulfide) groups is 2. The highest BCUT2D eigenvalue weighted by molar-refractivity contribution is 7.99. The Balaban J connectivity index is 1.32. The molecule has 2 fully saturated rings. The van der Waals surface area contributed by atoms with E-state index < -0.39 is 6.10 Å². The Morgan fingerprint density at radius 3 is 2.76 bits per heavy atom. The summed E-state index contributed by atoms with van der Waals surface area (Å²) in [5, 5.41) is 12.9. The number of aliphatic hydroxyl groups is 1. The number of benzene rings is 1. The number of carbonyl (C=O) groups is 1. The predicted octanol–water partition coefficient (Wildman–Crippen LogP) is 5.70. The Hall–Kier alpha value is -1.02. The summed E-state index contributed by atoms with van der Waals surface area (Å²) in [4.78, 5) is 23.1. The summed E-state index contributed by atoms with van der Waals surface area (Å²) in [5.74, 6) is 3.48. The number of fused-ring (bicyclic) bond motifs is 2. The van der Waals surface area contributed by atoms with E-state index in [0.29, 0.717) is 0 Å². The van der Waals surface area contributed by atoms with E-state index in [2.05, 4.69) is 51.1 Å². The molecule has 2 aromatic rings. The summed E-state index contributed by atoms with van der Waals surface area (Å²) in [5.41, 5.74) is 1.27. The van der Waals surface area contributed by atoms with Gasteiger partial charge in [0.05, 0.1) is 17.6 Å². The number of amides is 1. The minimum absolute atomic E-state index is 0.0379. The smallest absolute Gasteiger partial charge is 0.225 e. The number of thiazole rings is 1. The Morgan fingerprint density at radius 1 is 1.29 bits per heavy atom. The molecule has 4 nitrogen and oxygen atoms in total. The third-order valence-corrected chi connectivity index (χ3v) is 11.6. The summed E-state index contributed by atoms with van der Waals surface area (Å²) in [6, 6.07) is 10.5. The van der Waals surface area contributed by atoms with E-state index in [9.17, 15) is 9.90 Å². The van der Waals surface area contributed by atoms with Crippen molar-refractivity contribution in [3.63, 3.8) is 0 Å². The number of aliphatic hydroxyl groups excluding tert-OH is 1. The second kappa shape index (κ2) is 10.2. The third-order valence-electron chi connectivity index (χ3n) is 8.43. The van der Waals surface area contributed by atoms with Crippen LogP contribution in [0.25, 0.3) is 0 Å². The molecule has 1 aromatic carbocycles. The summed E-state index contributed by atoms with van der Waals surface area (Å²) in [6.45, 7) is 8.37. The highest BCUT2D eigenvalue weighted by atomic mass is 32.2. The maximum absolute atomic E-state index is 13.2. The zero-order valence-corrected chi connectivity index (χ0v) is 22.9. The molecular weight excluding hydrogens is 481 g/mol. The van der Waals surface area contributed by atoms with Gasteiger partial charge in [0, 0.05) is 46.2 Å². The zero-order chi connectivity index (χ0) is 23.9. The maximum atomic E-state index is 13.2. The van der Waals surface area contributed by atoms with Gasteiger partial charge in [-0.2, -0.15) is 11.8 Å². The van der Waals surface area contributed by atoms with E-state index in [0.717, 1.165) is 49.6 Å². The van der Waals surface area contributed by atoms with Crippen LogP contribution in [0, 0.1) is 23.2 Å². The number of nitrogens with zero attached hydrogens (tertiary/aromatic N) is 2. The molecule has 5 rings (SSSR count). The number of aromatic nitrogens is 1. The molecule has 0 bridgehead atoms. The molecule has 1 aliphatic heterocycles. The molecule has 2 aliphatic carbocycles. The second-order valence-corrected chi connectivity index (χ2v) is 14.0. The van der Waals surface area contributed by atoms with E-state index in [1.807, 2.05) is 39.8 Å². The Bertz CT molecular complexity index is 1010. The topological polar surface area (TPSA) is 53.4 Å². The Kier molecular flexibility index (Phi) is 7.37. The van der Waals surface area contributed by atoms with Crippen molar-refractivity contribution in [2.45, 2.75) is 62.7 Å². The van der Waals surface area contributed by atoms with Crippen LogP contribution in [0.15, 0.2) is 35.2 Å². The molecule has 3 aliphatic rings. The lowest BCUT2D eigenvalue weighted by atomic mass is 9.53. The van der Waals surface area contributed by atoms with Crippen molar-refractivity contribution in [1.82, 2.24) is 9.88 Å². The highest BCUT2D eigenvalue weighted by Gasteiger charge is 2.54. The lowest BCUT2D eigenvalue weighted by Gasteiger charge is -2.53. The molecule has 1 saturated heterocycles. The summed E-state index contributed by atoms with van der Waals surface area (Å²) < 4.78 is 0. The van der Waals surface area contributed by atoms with Gasteiger partial charge in [0.2, 0.25) is 5.91 Å². The summed E-state index contributed by atoms with van der Waals surface area (Å²) in [7, 11) is 0. The van der Waals surface area contributed by atoms with Gasteiger partial charge in [-0.05, 0) is 48.6 Å². The van der Waals surface area contributed by atoms with Crippen LogP contribution in [0.5, 0.6) is 0 Å². The molecule has 184 valence electrons. The first-order valence-electron chi connectivity index (χ1n) is 12.6. The van der Waals surface area contributed by atoms with Gasteiger partial charge in [-0.15, -0.1) is 23.1 Å². The predicted molar refractivity (Wildman–Crippen MR) is 144 cm³/mol. The number of carbonyl (C=O) groups excluding carboxylic acids is 1. The second-order valence-electron chi connectivity index (χ2n) is 10.6. The molecule has 0 spiro atoms. The highest BCUT2D eigenvalue weighted by Crippen LogP contribution is 2.57. The quantitative estimate of drug-likeness (QED) is 0.517. The molecule has 1 N–H and O–H groups in total. The zero-order valence-electron chi connectivity index (χ0n) is 20.4.